The summed E-state index contributed by atoms with van der Waals surface area (Å²) in [5, 5.41) is 14.3. The Hall–Kier alpha value is -3.40. The van der Waals surface area contributed by atoms with E-state index in [1.165, 1.54) is 35.0 Å². The van der Waals surface area contributed by atoms with E-state index in [1.807, 2.05) is 18.2 Å². The molecule has 0 fully saturated rings. The van der Waals surface area contributed by atoms with E-state index in [-0.39, 0.29) is 34.8 Å². The molecule has 0 aliphatic carbocycles. The van der Waals surface area contributed by atoms with Crippen LogP contribution in [0, 0.1) is 0 Å². The van der Waals surface area contributed by atoms with Gasteiger partial charge in [-0.2, -0.15) is 13.2 Å². The lowest BCUT2D eigenvalue weighted by atomic mass is 10.1. The Labute approximate surface area is 179 Å². The van der Waals surface area contributed by atoms with Crippen molar-refractivity contribution in [3.8, 4) is 11.6 Å². The standard InChI is InChI=1S/C21H17F3N4O2S/c1-25-16-3-2-4-17-19(16)13(9-10-26-17)11-27-12-18(29)28(20(27)30)14-5-7-15(8-6-14)31-21(22,23)24/h2-10,12,25,29H,11H2,1H3. The van der Waals surface area contributed by atoms with Crippen molar-refractivity contribution in [1.29, 1.82) is 0 Å². The van der Waals surface area contributed by atoms with Crippen molar-refractivity contribution in [2.75, 3.05) is 12.4 Å². The van der Waals surface area contributed by atoms with Gasteiger partial charge in [0.25, 0.3) is 0 Å². The molecule has 0 bridgehead atoms. The highest BCUT2D eigenvalue weighted by Crippen LogP contribution is 2.37. The van der Waals surface area contributed by atoms with E-state index in [0.29, 0.717) is 0 Å². The Kier molecular flexibility index (Phi) is 5.40. The van der Waals surface area contributed by atoms with Crippen molar-refractivity contribution in [2.45, 2.75) is 16.9 Å². The van der Waals surface area contributed by atoms with Crippen LogP contribution in [0.15, 0.2) is 70.6 Å². The molecule has 2 heterocycles. The van der Waals surface area contributed by atoms with E-state index < -0.39 is 11.2 Å². The average molecular weight is 446 g/mol. The van der Waals surface area contributed by atoms with Gasteiger partial charge in [0.2, 0.25) is 5.88 Å². The van der Waals surface area contributed by atoms with Crippen LogP contribution < -0.4 is 11.0 Å². The molecule has 0 amide bonds. The van der Waals surface area contributed by atoms with Crippen LogP contribution in [0.2, 0.25) is 0 Å². The molecule has 4 rings (SSSR count). The number of rotatable bonds is 5. The number of aromatic nitrogens is 3. The number of benzene rings is 2. The first kappa shape index (κ1) is 20.9. The minimum absolute atomic E-state index is 0.00827. The smallest absolute Gasteiger partial charge is 0.446 e. The van der Waals surface area contributed by atoms with Crippen LogP contribution in [-0.2, 0) is 6.54 Å². The van der Waals surface area contributed by atoms with Gasteiger partial charge in [-0.05, 0) is 59.8 Å². The topological polar surface area (TPSA) is 72.1 Å². The number of hydrogen-bond donors (Lipinski definition) is 2. The van der Waals surface area contributed by atoms with E-state index in [1.54, 1.807) is 19.3 Å². The van der Waals surface area contributed by atoms with Gasteiger partial charge in [-0.15, -0.1) is 0 Å². The van der Waals surface area contributed by atoms with Gasteiger partial charge in [-0.25, -0.2) is 9.36 Å². The molecule has 2 N–H and O–H groups in total. The molecule has 0 saturated carbocycles. The first-order valence-corrected chi connectivity index (χ1v) is 10.00. The summed E-state index contributed by atoms with van der Waals surface area (Å²) in [7, 11) is 1.79. The molecule has 6 nitrogen and oxygen atoms in total. The Balaban J connectivity index is 1.70. The van der Waals surface area contributed by atoms with E-state index in [2.05, 4.69) is 10.3 Å². The monoisotopic (exact) mass is 446 g/mol. The summed E-state index contributed by atoms with van der Waals surface area (Å²) >= 11 is -0.242. The highest BCUT2D eigenvalue weighted by Gasteiger charge is 2.29. The second-order valence-electron chi connectivity index (χ2n) is 6.69. The predicted molar refractivity (Wildman–Crippen MR) is 114 cm³/mol. The maximum atomic E-state index is 12.9. The SMILES string of the molecule is CNc1cccc2nccc(Cn3cc(O)n(-c4ccc(SC(F)(F)F)cc4)c3=O)c12. The molecular formula is C21H17F3N4O2S. The van der Waals surface area contributed by atoms with E-state index in [9.17, 15) is 23.1 Å². The average Bonchev–Trinajstić information content (AvgIpc) is 3.00. The van der Waals surface area contributed by atoms with Gasteiger partial charge < -0.3 is 10.4 Å². The molecule has 0 atom stereocenters. The van der Waals surface area contributed by atoms with E-state index in [0.717, 1.165) is 26.7 Å². The van der Waals surface area contributed by atoms with Gasteiger partial charge in [0.15, 0.2) is 0 Å². The molecule has 2 aromatic carbocycles. The van der Waals surface area contributed by atoms with Crippen molar-refractivity contribution in [1.82, 2.24) is 14.1 Å². The van der Waals surface area contributed by atoms with Crippen molar-refractivity contribution in [3.63, 3.8) is 0 Å². The fourth-order valence-corrected chi connectivity index (χ4v) is 3.97. The summed E-state index contributed by atoms with van der Waals surface area (Å²) in [6.45, 7) is 0.180. The number of nitrogens with zero attached hydrogens (tertiary/aromatic N) is 3. The highest BCUT2D eigenvalue weighted by molar-refractivity contribution is 8.00. The molecular weight excluding hydrogens is 429 g/mol. The summed E-state index contributed by atoms with van der Waals surface area (Å²) in [6, 6.07) is 12.7. The molecule has 0 radical (unpaired) electrons. The maximum absolute atomic E-state index is 12.9. The number of pyridine rings is 1. The number of fused-ring (bicyclic) bond motifs is 1. The van der Waals surface area contributed by atoms with Crippen molar-refractivity contribution < 1.29 is 18.3 Å². The number of imidazole rings is 1. The molecule has 2 aromatic heterocycles. The van der Waals surface area contributed by atoms with Crippen LogP contribution in [0.1, 0.15) is 5.56 Å². The van der Waals surface area contributed by atoms with Crippen molar-refractivity contribution in [3.05, 3.63) is 77.0 Å². The summed E-state index contributed by atoms with van der Waals surface area (Å²) < 4.78 is 40.0. The van der Waals surface area contributed by atoms with Gasteiger partial charge in [0.05, 0.1) is 23.9 Å². The number of halogens is 3. The van der Waals surface area contributed by atoms with Gasteiger partial charge in [-0.1, -0.05) is 6.07 Å². The summed E-state index contributed by atoms with van der Waals surface area (Å²) in [5.41, 5.74) is -2.20. The Bertz CT molecular complexity index is 1290. The predicted octanol–water partition coefficient (Wildman–Crippen LogP) is 4.59. The second kappa shape index (κ2) is 8.03. The molecule has 4 aromatic rings. The molecule has 31 heavy (non-hydrogen) atoms. The third-order valence-electron chi connectivity index (χ3n) is 4.73. The zero-order chi connectivity index (χ0) is 22.2. The Morgan fingerprint density at radius 2 is 1.87 bits per heavy atom. The quantitative estimate of drug-likeness (QED) is 0.439. The first-order valence-electron chi connectivity index (χ1n) is 9.18. The zero-order valence-corrected chi connectivity index (χ0v) is 17.0. The number of hydrogen-bond acceptors (Lipinski definition) is 5. The van der Waals surface area contributed by atoms with Crippen LogP contribution in [0.5, 0.6) is 5.88 Å². The molecule has 0 aliphatic heterocycles. The number of alkyl halides is 3. The van der Waals surface area contributed by atoms with Crippen LogP contribution in [0.4, 0.5) is 18.9 Å². The van der Waals surface area contributed by atoms with Gasteiger partial charge in [-0.3, -0.25) is 9.55 Å². The molecule has 160 valence electrons. The zero-order valence-electron chi connectivity index (χ0n) is 16.2. The molecule has 0 unspecified atom stereocenters. The molecule has 0 spiro atoms. The lowest BCUT2D eigenvalue weighted by molar-refractivity contribution is -0.0328. The lowest BCUT2D eigenvalue weighted by Crippen LogP contribution is -2.23. The van der Waals surface area contributed by atoms with Crippen LogP contribution >= 0.6 is 11.8 Å². The van der Waals surface area contributed by atoms with Crippen LogP contribution in [-0.4, -0.2) is 31.8 Å². The summed E-state index contributed by atoms with van der Waals surface area (Å²) in [5.74, 6) is -0.312. The minimum Gasteiger partial charge on any atom is -0.493 e. The fraction of sp³-hybridized carbons (Fsp3) is 0.143. The van der Waals surface area contributed by atoms with E-state index >= 15 is 0 Å². The van der Waals surface area contributed by atoms with Crippen molar-refractivity contribution >= 4 is 28.4 Å². The summed E-state index contributed by atoms with van der Waals surface area (Å²) in [4.78, 5) is 17.3. The fourth-order valence-electron chi connectivity index (χ4n) is 3.43. The Morgan fingerprint density at radius 3 is 2.55 bits per heavy atom. The minimum atomic E-state index is -4.40. The van der Waals surface area contributed by atoms with E-state index in [4.69, 9.17) is 0 Å². The first-order chi connectivity index (χ1) is 14.8. The van der Waals surface area contributed by atoms with Crippen LogP contribution in [0.25, 0.3) is 16.6 Å². The molecule has 0 aliphatic rings. The number of nitrogens with one attached hydrogen (secondary N) is 1. The third kappa shape index (κ3) is 4.24. The number of aromatic hydroxyl groups is 1. The van der Waals surface area contributed by atoms with Crippen molar-refractivity contribution in [2.24, 2.45) is 0 Å². The Morgan fingerprint density at radius 1 is 1.13 bits per heavy atom. The maximum Gasteiger partial charge on any atom is 0.446 e. The largest absolute Gasteiger partial charge is 0.493 e. The van der Waals surface area contributed by atoms with Gasteiger partial charge in [0, 0.05) is 29.2 Å². The third-order valence-corrected chi connectivity index (χ3v) is 5.47. The second-order valence-corrected chi connectivity index (χ2v) is 7.83. The van der Waals surface area contributed by atoms with Crippen LogP contribution in [0.3, 0.4) is 0 Å². The highest BCUT2D eigenvalue weighted by atomic mass is 32.2. The number of thioether (sulfide) groups is 1. The molecule has 0 saturated heterocycles. The summed E-state index contributed by atoms with van der Waals surface area (Å²) in [6.07, 6.45) is 2.95. The number of anilines is 1. The lowest BCUT2D eigenvalue weighted by Gasteiger charge is -2.11. The molecule has 10 heteroatoms. The normalized spacial score (nSPS) is 11.7. The van der Waals surface area contributed by atoms with Gasteiger partial charge in [0.1, 0.15) is 0 Å². The van der Waals surface area contributed by atoms with Gasteiger partial charge >= 0.3 is 11.2 Å².